The zero-order valence-corrected chi connectivity index (χ0v) is 15.5. The quantitative estimate of drug-likeness (QED) is 0.373. The molecule has 0 aliphatic heterocycles. The van der Waals surface area contributed by atoms with Crippen LogP contribution < -0.4 is 10.6 Å². The topological polar surface area (TPSA) is 128 Å². The van der Waals surface area contributed by atoms with Crippen LogP contribution in [0.1, 0.15) is 10.4 Å². The zero-order chi connectivity index (χ0) is 20.9. The summed E-state index contributed by atoms with van der Waals surface area (Å²) in [6.07, 6.45) is 4.88. The van der Waals surface area contributed by atoms with Crippen molar-refractivity contribution < 1.29 is 9.72 Å². The normalized spacial score (nSPS) is 10.4. The van der Waals surface area contributed by atoms with Crippen molar-refractivity contribution in [1.29, 1.82) is 0 Å². The molecule has 0 unspecified atom stereocenters. The average molecular weight is 401 g/mol. The number of amides is 1. The Hall–Kier alpha value is -4.60. The van der Waals surface area contributed by atoms with Gasteiger partial charge in [0.05, 0.1) is 4.92 Å². The van der Waals surface area contributed by atoms with Crippen molar-refractivity contribution in [3.8, 4) is 5.82 Å². The molecule has 0 atom stereocenters. The lowest BCUT2D eigenvalue weighted by Crippen LogP contribution is -2.12. The van der Waals surface area contributed by atoms with Gasteiger partial charge in [0.2, 0.25) is 0 Å². The number of rotatable bonds is 6. The monoisotopic (exact) mass is 401 g/mol. The minimum atomic E-state index is -0.540. The minimum absolute atomic E-state index is 0.137. The molecule has 10 heteroatoms. The van der Waals surface area contributed by atoms with Crippen molar-refractivity contribution in [2.24, 2.45) is 0 Å². The van der Waals surface area contributed by atoms with Crippen LogP contribution in [0.25, 0.3) is 5.82 Å². The number of hydrogen-bond donors (Lipinski definition) is 2. The Balaban J connectivity index is 1.43. The van der Waals surface area contributed by atoms with Gasteiger partial charge in [-0.05, 0) is 36.4 Å². The Morgan fingerprint density at radius 3 is 2.53 bits per heavy atom. The summed E-state index contributed by atoms with van der Waals surface area (Å²) in [6.45, 7) is 0. The van der Waals surface area contributed by atoms with E-state index in [1.54, 1.807) is 53.5 Å². The molecular weight excluding hydrogens is 386 g/mol. The van der Waals surface area contributed by atoms with Crippen LogP contribution in [-0.2, 0) is 0 Å². The number of carbonyl (C=O) groups is 1. The van der Waals surface area contributed by atoms with E-state index in [1.807, 2.05) is 0 Å². The molecule has 0 aliphatic carbocycles. The molecule has 2 aromatic heterocycles. The van der Waals surface area contributed by atoms with E-state index in [-0.39, 0.29) is 11.3 Å². The summed E-state index contributed by atoms with van der Waals surface area (Å²) in [4.78, 5) is 31.0. The van der Waals surface area contributed by atoms with Crippen LogP contribution >= 0.6 is 0 Å². The number of nitrogens with zero attached hydrogens (tertiary/aromatic N) is 5. The van der Waals surface area contributed by atoms with E-state index in [9.17, 15) is 14.9 Å². The third-order valence-electron chi connectivity index (χ3n) is 4.13. The SMILES string of the molecule is O=C(Nc1ccc(Nc2cc(-n3cccn3)ncn2)cc1)c1cccc([N+](=O)[O-])c1. The highest BCUT2D eigenvalue weighted by Gasteiger charge is 2.11. The van der Waals surface area contributed by atoms with Crippen molar-refractivity contribution in [3.63, 3.8) is 0 Å². The van der Waals surface area contributed by atoms with Crippen LogP contribution in [0.4, 0.5) is 22.9 Å². The maximum absolute atomic E-state index is 12.3. The number of nitro benzene ring substituents is 1. The van der Waals surface area contributed by atoms with Gasteiger partial charge in [0.25, 0.3) is 11.6 Å². The standard InChI is InChI=1S/C20H15N7O3/c28-20(14-3-1-4-17(11-14)27(29)30)25-16-7-5-15(6-8-16)24-18-12-19(22-13-21-18)26-10-2-9-23-26/h1-13H,(H,25,28)(H,21,22,24). The van der Waals surface area contributed by atoms with E-state index in [0.717, 1.165) is 5.69 Å². The third-order valence-corrected chi connectivity index (χ3v) is 4.13. The second-order valence-electron chi connectivity index (χ2n) is 6.18. The maximum atomic E-state index is 12.3. The molecule has 0 aliphatic rings. The van der Waals surface area contributed by atoms with Gasteiger partial charge in [-0.2, -0.15) is 5.10 Å². The Kier molecular flexibility index (Phi) is 5.12. The highest BCUT2D eigenvalue weighted by Crippen LogP contribution is 2.20. The lowest BCUT2D eigenvalue weighted by Gasteiger charge is -2.09. The number of hydrogen-bond acceptors (Lipinski definition) is 7. The number of nitrogens with one attached hydrogen (secondary N) is 2. The first-order valence-corrected chi connectivity index (χ1v) is 8.83. The predicted molar refractivity (Wildman–Crippen MR) is 110 cm³/mol. The first-order chi connectivity index (χ1) is 14.6. The van der Waals surface area contributed by atoms with Gasteiger partial charge in [0, 0.05) is 47.5 Å². The van der Waals surface area contributed by atoms with E-state index in [2.05, 4.69) is 25.7 Å². The molecule has 0 saturated carbocycles. The summed E-state index contributed by atoms with van der Waals surface area (Å²) in [5, 5.41) is 20.9. The van der Waals surface area contributed by atoms with Crippen LogP contribution in [0.15, 0.2) is 79.4 Å². The number of non-ortho nitro benzene ring substituents is 1. The smallest absolute Gasteiger partial charge is 0.270 e. The van der Waals surface area contributed by atoms with E-state index >= 15 is 0 Å². The van der Waals surface area contributed by atoms with Crippen molar-refractivity contribution in [3.05, 3.63) is 95.1 Å². The number of benzene rings is 2. The van der Waals surface area contributed by atoms with Crippen LogP contribution in [0.3, 0.4) is 0 Å². The van der Waals surface area contributed by atoms with Gasteiger partial charge in [0.15, 0.2) is 5.82 Å². The van der Waals surface area contributed by atoms with Crippen LogP contribution in [0.2, 0.25) is 0 Å². The fourth-order valence-electron chi connectivity index (χ4n) is 2.69. The summed E-state index contributed by atoms with van der Waals surface area (Å²) >= 11 is 0. The lowest BCUT2D eigenvalue weighted by molar-refractivity contribution is -0.384. The summed E-state index contributed by atoms with van der Waals surface area (Å²) in [5.74, 6) is 0.779. The molecule has 0 spiro atoms. The first kappa shape index (κ1) is 18.7. The molecule has 148 valence electrons. The largest absolute Gasteiger partial charge is 0.340 e. The summed E-state index contributed by atoms with van der Waals surface area (Å²) < 4.78 is 1.62. The summed E-state index contributed by atoms with van der Waals surface area (Å²) in [5.41, 5.74) is 1.38. The zero-order valence-electron chi connectivity index (χ0n) is 15.5. The molecule has 2 N–H and O–H groups in total. The summed E-state index contributed by atoms with van der Waals surface area (Å²) in [6, 6.07) is 16.1. The molecule has 0 fully saturated rings. The number of anilines is 3. The molecule has 10 nitrogen and oxygen atoms in total. The summed E-state index contributed by atoms with van der Waals surface area (Å²) in [7, 11) is 0. The first-order valence-electron chi connectivity index (χ1n) is 8.83. The van der Waals surface area contributed by atoms with Crippen LogP contribution in [0, 0.1) is 10.1 Å². The van der Waals surface area contributed by atoms with Gasteiger partial charge < -0.3 is 10.6 Å². The number of carbonyl (C=O) groups excluding carboxylic acids is 1. The maximum Gasteiger partial charge on any atom is 0.270 e. The molecule has 0 bridgehead atoms. The molecule has 4 rings (SSSR count). The average Bonchev–Trinajstić information content (AvgIpc) is 3.30. The lowest BCUT2D eigenvalue weighted by atomic mass is 10.2. The van der Waals surface area contributed by atoms with Crippen LogP contribution in [-0.4, -0.2) is 30.6 Å². The number of aromatic nitrogens is 4. The van der Waals surface area contributed by atoms with Gasteiger partial charge in [-0.1, -0.05) is 6.07 Å². The van der Waals surface area contributed by atoms with Crippen molar-refractivity contribution in [2.45, 2.75) is 0 Å². The molecule has 0 radical (unpaired) electrons. The molecule has 0 saturated heterocycles. The van der Waals surface area contributed by atoms with Gasteiger partial charge in [-0.15, -0.1) is 0 Å². The molecule has 2 aromatic carbocycles. The Bertz CT molecular complexity index is 1190. The molecule has 30 heavy (non-hydrogen) atoms. The van der Waals surface area contributed by atoms with E-state index in [1.165, 1.54) is 30.6 Å². The fraction of sp³-hybridized carbons (Fsp3) is 0. The molecule has 2 heterocycles. The Labute approximate surface area is 170 Å². The fourth-order valence-corrected chi connectivity index (χ4v) is 2.69. The highest BCUT2D eigenvalue weighted by molar-refractivity contribution is 6.04. The molecule has 4 aromatic rings. The predicted octanol–water partition coefficient (Wildman–Crippen LogP) is 3.57. The van der Waals surface area contributed by atoms with Crippen molar-refractivity contribution in [1.82, 2.24) is 19.7 Å². The van der Waals surface area contributed by atoms with E-state index < -0.39 is 10.8 Å². The molecular formula is C20H15N7O3. The third kappa shape index (κ3) is 4.28. The van der Waals surface area contributed by atoms with E-state index in [4.69, 9.17) is 0 Å². The highest BCUT2D eigenvalue weighted by atomic mass is 16.6. The molecule has 1 amide bonds. The van der Waals surface area contributed by atoms with Crippen molar-refractivity contribution in [2.75, 3.05) is 10.6 Å². The minimum Gasteiger partial charge on any atom is -0.340 e. The second kappa shape index (κ2) is 8.19. The van der Waals surface area contributed by atoms with Crippen LogP contribution in [0.5, 0.6) is 0 Å². The van der Waals surface area contributed by atoms with Gasteiger partial charge in [-0.3, -0.25) is 14.9 Å². The Morgan fingerprint density at radius 2 is 1.80 bits per heavy atom. The van der Waals surface area contributed by atoms with Gasteiger partial charge >= 0.3 is 0 Å². The van der Waals surface area contributed by atoms with Crippen molar-refractivity contribution >= 4 is 28.8 Å². The second-order valence-corrected chi connectivity index (χ2v) is 6.18. The Morgan fingerprint density at radius 1 is 1.00 bits per heavy atom. The van der Waals surface area contributed by atoms with Gasteiger partial charge in [0.1, 0.15) is 12.1 Å². The number of nitro groups is 1. The van der Waals surface area contributed by atoms with E-state index in [0.29, 0.717) is 17.3 Å². The van der Waals surface area contributed by atoms with Gasteiger partial charge in [-0.25, -0.2) is 14.6 Å².